The number of hydrogen-bond donors (Lipinski definition) is 3. The van der Waals surface area contributed by atoms with Crippen LogP contribution in [-0.2, 0) is 0 Å². The van der Waals surface area contributed by atoms with E-state index in [1.807, 2.05) is 0 Å². The van der Waals surface area contributed by atoms with E-state index in [0.717, 1.165) is 12.8 Å². The molecule has 1 aromatic heterocycles. The van der Waals surface area contributed by atoms with Crippen LogP contribution >= 0.6 is 11.6 Å². The van der Waals surface area contributed by atoms with Gasteiger partial charge < -0.3 is 16.2 Å². The van der Waals surface area contributed by atoms with Crippen LogP contribution in [0.4, 0.5) is 11.8 Å². The van der Waals surface area contributed by atoms with Gasteiger partial charge in [0.1, 0.15) is 11.0 Å². The molecule has 1 aliphatic carbocycles. The number of nitrogens with two attached hydrogens (primary N) is 1. The van der Waals surface area contributed by atoms with Gasteiger partial charge in [0.05, 0.1) is 6.10 Å². The predicted molar refractivity (Wildman–Crippen MR) is 58.7 cm³/mol. The molecule has 4 N–H and O–H groups in total. The number of nitrogens with one attached hydrogen (secondary N) is 1. The summed E-state index contributed by atoms with van der Waals surface area (Å²) in [4.78, 5) is 7.68. The van der Waals surface area contributed by atoms with E-state index < -0.39 is 0 Å². The summed E-state index contributed by atoms with van der Waals surface area (Å²) in [5.74, 6) is 1.12. The smallest absolute Gasteiger partial charge is 0.223 e. The summed E-state index contributed by atoms with van der Waals surface area (Å²) in [6, 6.07) is 1.58. The molecule has 0 aromatic carbocycles. The van der Waals surface area contributed by atoms with E-state index in [-0.39, 0.29) is 12.1 Å². The summed E-state index contributed by atoms with van der Waals surface area (Å²) < 4.78 is 0. The molecular formula is C9H13ClN4O. The molecule has 0 amide bonds. The van der Waals surface area contributed by atoms with Crippen LogP contribution in [0.1, 0.15) is 12.8 Å². The van der Waals surface area contributed by atoms with Gasteiger partial charge in [-0.15, -0.1) is 0 Å². The quantitative estimate of drug-likeness (QED) is 0.667. The first kappa shape index (κ1) is 10.4. The van der Waals surface area contributed by atoms with Crippen molar-refractivity contribution in [2.75, 3.05) is 17.6 Å². The van der Waals surface area contributed by atoms with Crippen molar-refractivity contribution in [2.45, 2.75) is 18.9 Å². The minimum absolute atomic E-state index is 0.130. The molecule has 0 bridgehead atoms. The Morgan fingerprint density at radius 1 is 1.60 bits per heavy atom. The number of rotatable bonds is 4. The zero-order valence-corrected chi connectivity index (χ0v) is 8.91. The average Bonchev–Trinajstić information content (AvgIpc) is 2.95. The van der Waals surface area contributed by atoms with Gasteiger partial charge >= 0.3 is 0 Å². The summed E-state index contributed by atoms with van der Waals surface area (Å²) in [6.07, 6.45) is 1.89. The van der Waals surface area contributed by atoms with Gasteiger partial charge in [0.25, 0.3) is 0 Å². The molecule has 6 heteroatoms. The third kappa shape index (κ3) is 2.94. The zero-order chi connectivity index (χ0) is 10.8. The molecule has 0 aliphatic heterocycles. The van der Waals surface area contributed by atoms with E-state index >= 15 is 0 Å². The fraction of sp³-hybridized carbons (Fsp3) is 0.556. The molecule has 1 aromatic rings. The molecule has 0 spiro atoms. The van der Waals surface area contributed by atoms with E-state index in [1.165, 1.54) is 0 Å². The van der Waals surface area contributed by atoms with Crippen LogP contribution in [0, 0.1) is 5.92 Å². The largest absolute Gasteiger partial charge is 0.391 e. The van der Waals surface area contributed by atoms with Gasteiger partial charge in [-0.25, -0.2) is 4.98 Å². The van der Waals surface area contributed by atoms with Gasteiger partial charge in [0.15, 0.2) is 0 Å². The lowest BCUT2D eigenvalue weighted by Gasteiger charge is -2.11. The number of anilines is 2. The summed E-state index contributed by atoms with van der Waals surface area (Å²) in [5.41, 5.74) is 5.43. The highest BCUT2D eigenvalue weighted by Gasteiger charge is 2.29. The number of aliphatic hydroxyl groups excluding tert-OH is 1. The maximum Gasteiger partial charge on any atom is 0.223 e. The molecule has 1 aliphatic rings. The lowest BCUT2D eigenvalue weighted by Crippen LogP contribution is -2.22. The van der Waals surface area contributed by atoms with Crippen molar-refractivity contribution in [3.63, 3.8) is 0 Å². The summed E-state index contributed by atoms with van der Waals surface area (Å²) >= 11 is 5.71. The van der Waals surface area contributed by atoms with Gasteiger partial charge in [-0.05, 0) is 18.8 Å². The standard InChI is InChI=1S/C9H13ClN4O/c10-7-3-8(14-9(11)13-7)12-4-6(15)5-1-2-5/h3,5-6,15H,1-2,4H2,(H3,11,12,13,14). The predicted octanol–water partition coefficient (Wildman–Crippen LogP) is 0.895. The zero-order valence-electron chi connectivity index (χ0n) is 8.15. The summed E-state index contributed by atoms with van der Waals surface area (Å²) in [6.45, 7) is 0.470. The lowest BCUT2D eigenvalue weighted by atomic mass is 10.2. The number of aliphatic hydroxyl groups is 1. The molecule has 1 atom stereocenters. The summed E-state index contributed by atoms with van der Waals surface area (Å²) in [7, 11) is 0. The minimum Gasteiger partial charge on any atom is -0.391 e. The fourth-order valence-corrected chi connectivity index (χ4v) is 1.57. The topological polar surface area (TPSA) is 84.1 Å². The fourth-order valence-electron chi connectivity index (χ4n) is 1.38. The highest BCUT2D eigenvalue weighted by atomic mass is 35.5. The first-order valence-electron chi connectivity index (χ1n) is 4.87. The Bertz CT molecular complexity index is 336. The first-order valence-corrected chi connectivity index (χ1v) is 5.25. The van der Waals surface area contributed by atoms with E-state index in [4.69, 9.17) is 17.3 Å². The maximum atomic E-state index is 9.62. The van der Waals surface area contributed by atoms with Crippen molar-refractivity contribution in [3.8, 4) is 0 Å². The Kier molecular flexibility index (Phi) is 2.93. The van der Waals surface area contributed by atoms with Crippen molar-refractivity contribution in [3.05, 3.63) is 11.2 Å². The van der Waals surface area contributed by atoms with Gasteiger partial charge in [-0.3, -0.25) is 0 Å². The number of halogens is 1. The van der Waals surface area contributed by atoms with Crippen LogP contribution < -0.4 is 11.1 Å². The molecule has 1 saturated carbocycles. The lowest BCUT2D eigenvalue weighted by molar-refractivity contribution is 0.164. The molecular weight excluding hydrogens is 216 g/mol. The van der Waals surface area contributed by atoms with Gasteiger partial charge in [0.2, 0.25) is 5.95 Å². The van der Waals surface area contributed by atoms with Gasteiger partial charge in [-0.1, -0.05) is 11.6 Å². The monoisotopic (exact) mass is 228 g/mol. The normalized spacial score (nSPS) is 17.5. The molecule has 0 radical (unpaired) electrons. The molecule has 2 rings (SSSR count). The van der Waals surface area contributed by atoms with E-state index in [0.29, 0.717) is 23.4 Å². The van der Waals surface area contributed by atoms with Gasteiger partial charge in [0, 0.05) is 12.6 Å². The molecule has 15 heavy (non-hydrogen) atoms. The molecule has 1 heterocycles. The van der Waals surface area contributed by atoms with Crippen molar-refractivity contribution in [1.82, 2.24) is 9.97 Å². The third-order valence-corrected chi connectivity index (χ3v) is 2.56. The number of nitrogens with zero attached hydrogens (tertiary/aromatic N) is 2. The third-order valence-electron chi connectivity index (χ3n) is 2.37. The molecule has 0 saturated heterocycles. The van der Waals surface area contributed by atoms with E-state index in [9.17, 15) is 5.11 Å². The SMILES string of the molecule is Nc1nc(Cl)cc(NCC(O)C2CC2)n1. The highest BCUT2D eigenvalue weighted by Crippen LogP contribution is 2.32. The Hall–Kier alpha value is -1.07. The average molecular weight is 229 g/mol. The van der Waals surface area contributed by atoms with Gasteiger partial charge in [-0.2, -0.15) is 4.98 Å². The number of aromatic nitrogens is 2. The molecule has 5 nitrogen and oxygen atoms in total. The van der Waals surface area contributed by atoms with Crippen LogP contribution in [0.2, 0.25) is 5.15 Å². The maximum absolute atomic E-state index is 9.62. The second kappa shape index (κ2) is 4.20. The van der Waals surface area contributed by atoms with Crippen LogP contribution in [0.5, 0.6) is 0 Å². The van der Waals surface area contributed by atoms with Crippen molar-refractivity contribution in [2.24, 2.45) is 5.92 Å². The van der Waals surface area contributed by atoms with Crippen LogP contribution in [0.25, 0.3) is 0 Å². The van der Waals surface area contributed by atoms with E-state index in [1.54, 1.807) is 6.07 Å². The molecule has 82 valence electrons. The van der Waals surface area contributed by atoms with E-state index in [2.05, 4.69) is 15.3 Å². The first-order chi connectivity index (χ1) is 7.15. The van der Waals surface area contributed by atoms with Crippen molar-refractivity contribution in [1.29, 1.82) is 0 Å². The Balaban J connectivity index is 1.91. The Morgan fingerprint density at radius 2 is 2.33 bits per heavy atom. The minimum atomic E-state index is -0.319. The van der Waals surface area contributed by atoms with Crippen molar-refractivity contribution < 1.29 is 5.11 Å². The number of hydrogen-bond acceptors (Lipinski definition) is 5. The van der Waals surface area contributed by atoms with Crippen LogP contribution in [0.15, 0.2) is 6.07 Å². The van der Waals surface area contributed by atoms with Crippen LogP contribution in [0.3, 0.4) is 0 Å². The van der Waals surface area contributed by atoms with Crippen molar-refractivity contribution >= 4 is 23.4 Å². The Labute approximate surface area is 92.7 Å². The molecule has 1 unspecified atom stereocenters. The second-order valence-corrected chi connectivity index (χ2v) is 4.11. The Morgan fingerprint density at radius 3 is 2.93 bits per heavy atom. The molecule has 1 fully saturated rings. The van der Waals surface area contributed by atoms with Crippen LogP contribution in [-0.4, -0.2) is 27.7 Å². The highest BCUT2D eigenvalue weighted by molar-refractivity contribution is 6.29. The summed E-state index contributed by atoms with van der Waals surface area (Å²) in [5, 5.41) is 12.9. The second-order valence-electron chi connectivity index (χ2n) is 3.72. The number of nitrogen functional groups attached to an aromatic ring is 1.